The number of hydrogen-bond donors (Lipinski definition) is 2. The van der Waals surface area contributed by atoms with Crippen LogP contribution in [0.2, 0.25) is 5.02 Å². The van der Waals surface area contributed by atoms with Crippen molar-refractivity contribution in [3.8, 4) is 5.75 Å². The molecule has 41 heavy (non-hydrogen) atoms. The maximum Gasteiger partial charge on any atom is 0.257 e. The van der Waals surface area contributed by atoms with Gasteiger partial charge in [-0.25, -0.2) is 4.98 Å². The predicted octanol–water partition coefficient (Wildman–Crippen LogP) is 7.50. The number of Topliss-reactive ketones (excluding diaryl/α,β-unsaturated/α-hetero) is 1. The molecule has 0 bridgehead atoms. The maximum atomic E-state index is 13.6. The standard InChI is InChI=1S/C33H30ClN3O3S/c1-33(2)16-25-28(26(38)17-33)27(21-12-14-23(15-13-21)40-18-20-8-4-3-5-9-20)29-30(35-25)36-32(37-31(29)39)41-19-22-10-6-7-11-24(22)34/h3-15,27H,16-19H2,1-2H3,(H2,35,36,37,39). The van der Waals surface area contributed by atoms with Crippen molar-refractivity contribution in [2.75, 3.05) is 5.32 Å². The molecule has 2 aliphatic rings. The van der Waals surface area contributed by atoms with Crippen LogP contribution in [0.4, 0.5) is 5.82 Å². The molecule has 1 aliphatic carbocycles. The Morgan fingerprint density at radius 3 is 2.46 bits per heavy atom. The van der Waals surface area contributed by atoms with Gasteiger partial charge in [-0.3, -0.25) is 9.59 Å². The number of halogens is 1. The van der Waals surface area contributed by atoms with Gasteiger partial charge in [0.25, 0.3) is 5.56 Å². The number of thioether (sulfide) groups is 1. The predicted molar refractivity (Wildman–Crippen MR) is 164 cm³/mol. The van der Waals surface area contributed by atoms with Crippen LogP contribution < -0.4 is 15.6 Å². The highest BCUT2D eigenvalue weighted by Gasteiger charge is 2.42. The number of H-pyrrole nitrogens is 1. The van der Waals surface area contributed by atoms with E-state index in [-0.39, 0.29) is 16.8 Å². The number of nitrogens with zero attached hydrogens (tertiary/aromatic N) is 1. The van der Waals surface area contributed by atoms with Crippen LogP contribution in [0.3, 0.4) is 0 Å². The number of fused-ring (bicyclic) bond motifs is 1. The zero-order valence-electron chi connectivity index (χ0n) is 22.9. The second-order valence-electron chi connectivity index (χ2n) is 11.2. The normalized spacial score (nSPS) is 17.4. The Balaban J connectivity index is 1.34. The summed E-state index contributed by atoms with van der Waals surface area (Å²) in [6.45, 7) is 4.64. The molecule has 0 saturated carbocycles. The Bertz CT molecular complexity index is 1700. The van der Waals surface area contributed by atoms with Crippen molar-refractivity contribution in [2.45, 2.75) is 50.1 Å². The smallest absolute Gasteiger partial charge is 0.257 e. The molecule has 0 radical (unpaired) electrons. The first-order valence-corrected chi connectivity index (χ1v) is 14.9. The fourth-order valence-corrected chi connectivity index (χ4v) is 6.70. The number of aromatic amines is 1. The minimum Gasteiger partial charge on any atom is -0.489 e. The summed E-state index contributed by atoms with van der Waals surface area (Å²) in [5.41, 5.74) is 4.39. The first-order chi connectivity index (χ1) is 19.8. The maximum absolute atomic E-state index is 13.6. The number of aromatic nitrogens is 2. The zero-order valence-corrected chi connectivity index (χ0v) is 24.4. The summed E-state index contributed by atoms with van der Waals surface area (Å²) >= 11 is 7.75. The molecule has 1 aromatic heterocycles. The molecule has 0 amide bonds. The van der Waals surface area contributed by atoms with Gasteiger partial charge in [0.2, 0.25) is 0 Å². The summed E-state index contributed by atoms with van der Waals surface area (Å²) in [5.74, 6) is 1.31. The minimum atomic E-state index is -0.521. The van der Waals surface area contributed by atoms with Crippen molar-refractivity contribution in [1.82, 2.24) is 9.97 Å². The van der Waals surface area contributed by atoms with Crippen molar-refractivity contribution in [3.63, 3.8) is 0 Å². The average molecular weight is 584 g/mol. The minimum absolute atomic E-state index is 0.0559. The van der Waals surface area contributed by atoms with Crippen LogP contribution in [-0.2, 0) is 17.2 Å². The molecule has 1 aliphatic heterocycles. The van der Waals surface area contributed by atoms with Crippen LogP contribution in [0.5, 0.6) is 5.75 Å². The van der Waals surface area contributed by atoms with E-state index in [0.717, 1.165) is 28.1 Å². The molecular weight excluding hydrogens is 554 g/mol. The number of rotatable bonds is 7. The molecule has 1 unspecified atom stereocenters. The van der Waals surface area contributed by atoms with Crippen LogP contribution in [0, 0.1) is 5.41 Å². The number of ketones is 1. The highest BCUT2D eigenvalue weighted by atomic mass is 35.5. The molecule has 208 valence electrons. The van der Waals surface area contributed by atoms with Crippen molar-refractivity contribution in [1.29, 1.82) is 0 Å². The Hall–Kier alpha value is -3.81. The highest BCUT2D eigenvalue weighted by Crippen LogP contribution is 2.48. The molecule has 2 heterocycles. The number of ether oxygens (including phenoxy) is 1. The van der Waals surface area contributed by atoms with Gasteiger partial charge in [-0.1, -0.05) is 97.9 Å². The van der Waals surface area contributed by atoms with Crippen LogP contribution in [0.15, 0.2) is 100 Å². The van der Waals surface area contributed by atoms with Gasteiger partial charge in [0.05, 0.1) is 5.56 Å². The summed E-state index contributed by atoms with van der Waals surface area (Å²) < 4.78 is 5.99. The second-order valence-corrected chi connectivity index (χ2v) is 12.6. The topological polar surface area (TPSA) is 84.1 Å². The summed E-state index contributed by atoms with van der Waals surface area (Å²) in [6.07, 6.45) is 1.12. The number of benzene rings is 3. The Morgan fingerprint density at radius 1 is 0.976 bits per heavy atom. The number of anilines is 1. The van der Waals surface area contributed by atoms with E-state index in [1.807, 2.05) is 78.9 Å². The monoisotopic (exact) mass is 583 g/mol. The van der Waals surface area contributed by atoms with Gasteiger partial charge in [-0.2, -0.15) is 0 Å². The lowest BCUT2D eigenvalue weighted by atomic mass is 9.69. The summed E-state index contributed by atoms with van der Waals surface area (Å²) in [6, 6.07) is 25.3. The van der Waals surface area contributed by atoms with Gasteiger partial charge in [0.1, 0.15) is 18.2 Å². The van der Waals surface area contributed by atoms with Gasteiger partial charge in [-0.15, -0.1) is 0 Å². The van der Waals surface area contributed by atoms with Gasteiger partial charge in [0.15, 0.2) is 10.9 Å². The van der Waals surface area contributed by atoms with Gasteiger partial charge in [0, 0.05) is 34.4 Å². The molecular formula is C33H30ClN3O3S. The summed E-state index contributed by atoms with van der Waals surface area (Å²) in [7, 11) is 0. The lowest BCUT2D eigenvalue weighted by Gasteiger charge is -2.38. The lowest BCUT2D eigenvalue weighted by Crippen LogP contribution is -2.37. The fourth-order valence-electron chi connectivity index (χ4n) is 5.55. The van der Waals surface area contributed by atoms with Gasteiger partial charge in [-0.05, 0) is 46.7 Å². The number of carbonyl (C=O) groups is 1. The second kappa shape index (κ2) is 11.2. The van der Waals surface area contributed by atoms with E-state index in [2.05, 4.69) is 24.1 Å². The molecule has 2 N–H and O–H groups in total. The highest BCUT2D eigenvalue weighted by molar-refractivity contribution is 7.98. The molecule has 3 aromatic carbocycles. The third kappa shape index (κ3) is 5.83. The zero-order chi connectivity index (χ0) is 28.6. The van der Waals surface area contributed by atoms with Gasteiger partial charge < -0.3 is 15.0 Å². The van der Waals surface area contributed by atoms with E-state index < -0.39 is 5.92 Å². The summed E-state index contributed by atoms with van der Waals surface area (Å²) in [4.78, 5) is 35.0. The Labute approximate surface area is 248 Å². The van der Waals surface area contributed by atoms with E-state index in [9.17, 15) is 9.59 Å². The molecule has 6 nitrogen and oxygen atoms in total. The molecule has 1 atom stereocenters. The molecule has 8 heteroatoms. The van der Waals surface area contributed by atoms with Crippen molar-refractivity contribution in [2.24, 2.45) is 5.41 Å². The summed E-state index contributed by atoms with van der Waals surface area (Å²) in [5, 5.41) is 4.56. The molecule has 0 fully saturated rings. The quantitative estimate of drug-likeness (QED) is 0.173. The van der Waals surface area contributed by atoms with E-state index >= 15 is 0 Å². The first kappa shape index (κ1) is 27.4. The van der Waals surface area contributed by atoms with E-state index in [1.165, 1.54) is 11.8 Å². The number of allylic oxidation sites excluding steroid dienone is 2. The largest absolute Gasteiger partial charge is 0.489 e. The lowest BCUT2D eigenvalue weighted by molar-refractivity contribution is -0.118. The Kier molecular flexibility index (Phi) is 7.49. The number of nitrogens with one attached hydrogen (secondary N) is 2. The van der Waals surface area contributed by atoms with Crippen molar-refractivity contribution in [3.05, 3.63) is 128 Å². The SMILES string of the molecule is CC1(C)CC(=O)C2=C(C1)Nc1nc(SCc3ccccc3Cl)[nH]c(=O)c1C2c1ccc(OCc2ccccc2)cc1. The van der Waals surface area contributed by atoms with Crippen molar-refractivity contribution < 1.29 is 9.53 Å². The average Bonchev–Trinajstić information content (AvgIpc) is 2.95. The van der Waals surface area contributed by atoms with E-state index in [1.54, 1.807) is 0 Å². The van der Waals surface area contributed by atoms with E-state index in [4.69, 9.17) is 21.3 Å². The molecule has 4 aromatic rings. The fraction of sp³-hybridized carbons (Fsp3) is 0.242. The number of carbonyl (C=O) groups excluding carboxylic acids is 1. The molecule has 6 rings (SSSR count). The van der Waals surface area contributed by atoms with E-state index in [0.29, 0.717) is 52.3 Å². The number of hydrogen-bond acceptors (Lipinski definition) is 6. The third-order valence-electron chi connectivity index (χ3n) is 7.48. The van der Waals surface area contributed by atoms with Crippen LogP contribution >= 0.6 is 23.4 Å². The molecule has 0 saturated heterocycles. The Morgan fingerprint density at radius 2 is 1.71 bits per heavy atom. The van der Waals surface area contributed by atoms with Crippen molar-refractivity contribution >= 4 is 35.0 Å². The molecule has 0 spiro atoms. The third-order valence-corrected chi connectivity index (χ3v) is 8.78. The van der Waals surface area contributed by atoms with Crippen LogP contribution in [0.25, 0.3) is 0 Å². The van der Waals surface area contributed by atoms with Crippen LogP contribution in [0.1, 0.15) is 54.9 Å². The van der Waals surface area contributed by atoms with Gasteiger partial charge >= 0.3 is 0 Å². The van der Waals surface area contributed by atoms with Crippen LogP contribution in [-0.4, -0.2) is 15.8 Å². The first-order valence-electron chi connectivity index (χ1n) is 13.6.